The van der Waals surface area contributed by atoms with Crippen LogP contribution in [0.15, 0.2) is 60.8 Å². The minimum atomic E-state index is -0.460. The van der Waals surface area contributed by atoms with Gasteiger partial charge in [0.1, 0.15) is 11.6 Å². The summed E-state index contributed by atoms with van der Waals surface area (Å²) in [6.07, 6.45) is 1.69. The number of rotatable bonds is 7. The van der Waals surface area contributed by atoms with Gasteiger partial charge in [0.05, 0.1) is 23.4 Å². The summed E-state index contributed by atoms with van der Waals surface area (Å²) < 4.78 is 5.42. The molecular formula is C25H24N4O4. The van der Waals surface area contributed by atoms with Crippen molar-refractivity contribution in [1.82, 2.24) is 10.3 Å². The van der Waals surface area contributed by atoms with Crippen LogP contribution in [0.5, 0.6) is 5.75 Å². The lowest BCUT2D eigenvalue weighted by atomic mass is 10.1. The Morgan fingerprint density at radius 3 is 2.42 bits per heavy atom. The highest BCUT2D eigenvalue weighted by Gasteiger charge is 2.37. The summed E-state index contributed by atoms with van der Waals surface area (Å²) in [6.45, 7) is 2.71. The second-order valence-corrected chi connectivity index (χ2v) is 7.73. The largest absolute Gasteiger partial charge is 0.494 e. The number of nitrogens with zero attached hydrogens (tertiary/aromatic N) is 3. The Hall–Kier alpha value is -4.20. The normalized spacial score (nSPS) is 12.5. The number of ether oxygens (including phenoxy) is 1. The molecule has 3 aromatic rings. The van der Waals surface area contributed by atoms with Crippen LogP contribution < -0.4 is 19.9 Å². The Balaban J connectivity index is 1.50. The number of hydrogen-bond donors (Lipinski definition) is 1. The van der Waals surface area contributed by atoms with Crippen LogP contribution in [0.3, 0.4) is 0 Å². The van der Waals surface area contributed by atoms with E-state index in [4.69, 9.17) is 4.74 Å². The van der Waals surface area contributed by atoms with Gasteiger partial charge in [-0.2, -0.15) is 0 Å². The van der Waals surface area contributed by atoms with Crippen molar-refractivity contribution in [2.24, 2.45) is 0 Å². The van der Waals surface area contributed by atoms with Gasteiger partial charge in [-0.3, -0.25) is 14.4 Å². The number of aromatic nitrogens is 1. The van der Waals surface area contributed by atoms with Gasteiger partial charge >= 0.3 is 0 Å². The first kappa shape index (κ1) is 22.0. The minimum absolute atomic E-state index is 0.209. The molecule has 8 nitrogen and oxygen atoms in total. The van der Waals surface area contributed by atoms with Crippen LogP contribution in [0.2, 0.25) is 0 Å². The van der Waals surface area contributed by atoms with Gasteiger partial charge in [0.15, 0.2) is 0 Å². The quantitative estimate of drug-likeness (QED) is 0.563. The zero-order valence-corrected chi connectivity index (χ0v) is 18.7. The number of carbonyl (C=O) groups is 3. The lowest BCUT2D eigenvalue weighted by Crippen LogP contribution is -2.29. The average Bonchev–Trinajstić information content (AvgIpc) is 3.08. The summed E-state index contributed by atoms with van der Waals surface area (Å²) in [4.78, 5) is 45.8. The fourth-order valence-electron chi connectivity index (χ4n) is 3.57. The van der Waals surface area contributed by atoms with E-state index in [0.29, 0.717) is 30.2 Å². The van der Waals surface area contributed by atoms with Gasteiger partial charge < -0.3 is 15.0 Å². The van der Waals surface area contributed by atoms with Crippen molar-refractivity contribution < 1.29 is 19.1 Å². The van der Waals surface area contributed by atoms with E-state index in [1.54, 1.807) is 36.5 Å². The van der Waals surface area contributed by atoms with Crippen molar-refractivity contribution in [1.29, 1.82) is 0 Å². The molecule has 33 heavy (non-hydrogen) atoms. The van der Waals surface area contributed by atoms with Gasteiger partial charge in [0, 0.05) is 32.4 Å². The van der Waals surface area contributed by atoms with E-state index in [9.17, 15) is 14.4 Å². The van der Waals surface area contributed by atoms with Crippen LogP contribution in [0.25, 0.3) is 0 Å². The van der Waals surface area contributed by atoms with E-state index < -0.39 is 11.8 Å². The van der Waals surface area contributed by atoms with Crippen molar-refractivity contribution in [2.75, 3.05) is 30.5 Å². The Morgan fingerprint density at radius 1 is 1.00 bits per heavy atom. The predicted octanol–water partition coefficient (Wildman–Crippen LogP) is 3.28. The van der Waals surface area contributed by atoms with Crippen molar-refractivity contribution in [3.8, 4) is 5.75 Å². The molecule has 4 rings (SSSR count). The first-order chi connectivity index (χ1) is 15.9. The molecule has 1 aliphatic heterocycles. The number of benzene rings is 2. The van der Waals surface area contributed by atoms with Gasteiger partial charge in [-0.1, -0.05) is 0 Å². The molecule has 0 fully saturated rings. The van der Waals surface area contributed by atoms with E-state index in [1.807, 2.05) is 38.1 Å². The molecule has 0 bridgehead atoms. The number of imide groups is 1. The first-order valence-corrected chi connectivity index (χ1v) is 10.5. The molecule has 0 saturated heterocycles. The molecule has 0 aliphatic carbocycles. The van der Waals surface area contributed by atoms with Crippen molar-refractivity contribution in [3.63, 3.8) is 0 Å². The third-order valence-corrected chi connectivity index (χ3v) is 5.28. The number of amides is 3. The molecule has 0 radical (unpaired) electrons. The third kappa shape index (κ3) is 4.41. The summed E-state index contributed by atoms with van der Waals surface area (Å²) in [5.74, 6) is 0.236. The molecule has 0 atom stereocenters. The summed E-state index contributed by atoms with van der Waals surface area (Å²) in [5.41, 5.74) is 2.14. The molecule has 0 spiro atoms. The monoisotopic (exact) mass is 444 g/mol. The highest BCUT2D eigenvalue weighted by molar-refractivity contribution is 6.34. The number of carbonyl (C=O) groups excluding carboxylic acids is 3. The number of anilines is 2. The molecule has 168 valence electrons. The van der Waals surface area contributed by atoms with E-state index in [1.165, 1.54) is 12.1 Å². The molecule has 2 heterocycles. The van der Waals surface area contributed by atoms with E-state index >= 15 is 0 Å². The lowest BCUT2D eigenvalue weighted by Gasteiger charge is -2.14. The number of hydrogen-bond acceptors (Lipinski definition) is 6. The van der Waals surface area contributed by atoms with Crippen LogP contribution in [0.1, 0.15) is 43.6 Å². The van der Waals surface area contributed by atoms with Gasteiger partial charge in [0.25, 0.3) is 17.7 Å². The predicted molar refractivity (Wildman–Crippen MR) is 125 cm³/mol. The fourth-order valence-corrected chi connectivity index (χ4v) is 3.57. The number of nitrogens with one attached hydrogen (secondary N) is 1. The van der Waals surface area contributed by atoms with Crippen LogP contribution in [-0.2, 0) is 6.54 Å². The molecule has 1 aromatic heterocycles. The van der Waals surface area contributed by atoms with Crippen LogP contribution in [0.4, 0.5) is 11.5 Å². The maximum atomic E-state index is 13.0. The number of pyridine rings is 1. The second kappa shape index (κ2) is 9.12. The van der Waals surface area contributed by atoms with Crippen LogP contribution in [0, 0.1) is 0 Å². The molecule has 1 aliphatic rings. The minimum Gasteiger partial charge on any atom is -0.494 e. The lowest BCUT2D eigenvalue weighted by molar-refractivity contribution is 0.0923. The van der Waals surface area contributed by atoms with Gasteiger partial charge in [-0.05, 0) is 67.1 Å². The standard InChI is InChI=1S/C25H24N4O4/c1-4-33-19-8-6-18(7-9-19)29-24(31)20-10-5-17(14-21(20)25(29)32)23(30)27-15-16-11-12-26-22(13-16)28(2)3/h5-14H,4,15H2,1-3H3,(H,27,30). The summed E-state index contributed by atoms with van der Waals surface area (Å²) in [7, 11) is 3.79. The van der Waals surface area contributed by atoms with Gasteiger partial charge in [-0.25, -0.2) is 9.88 Å². The zero-order valence-electron chi connectivity index (χ0n) is 18.7. The molecule has 0 saturated carbocycles. The van der Waals surface area contributed by atoms with Crippen LogP contribution >= 0.6 is 0 Å². The summed E-state index contributed by atoms with van der Waals surface area (Å²) in [5, 5.41) is 2.85. The maximum absolute atomic E-state index is 13.0. The topological polar surface area (TPSA) is 91.8 Å². The second-order valence-electron chi connectivity index (χ2n) is 7.73. The molecular weight excluding hydrogens is 420 g/mol. The van der Waals surface area contributed by atoms with E-state index in [2.05, 4.69) is 10.3 Å². The Kier molecular flexibility index (Phi) is 6.08. The van der Waals surface area contributed by atoms with Gasteiger partial charge in [0.2, 0.25) is 0 Å². The maximum Gasteiger partial charge on any atom is 0.266 e. The van der Waals surface area contributed by atoms with Crippen molar-refractivity contribution >= 4 is 29.2 Å². The van der Waals surface area contributed by atoms with E-state index in [0.717, 1.165) is 16.3 Å². The van der Waals surface area contributed by atoms with Crippen molar-refractivity contribution in [3.05, 3.63) is 83.0 Å². The summed E-state index contributed by atoms with van der Waals surface area (Å²) in [6, 6.07) is 15.0. The fraction of sp³-hybridized carbons (Fsp3) is 0.200. The smallest absolute Gasteiger partial charge is 0.266 e. The average molecular weight is 444 g/mol. The molecule has 1 N–H and O–H groups in total. The Morgan fingerprint density at radius 2 is 1.73 bits per heavy atom. The van der Waals surface area contributed by atoms with Crippen LogP contribution in [-0.4, -0.2) is 43.4 Å². The third-order valence-electron chi connectivity index (χ3n) is 5.28. The SMILES string of the molecule is CCOc1ccc(N2C(=O)c3ccc(C(=O)NCc4ccnc(N(C)C)c4)cc3C2=O)cc1. The summed E-state index contributed by atoms with van der Waals surface area (Å²) >= 11 is 0. The Labute approximate surface area is 191 Å². The van der Waals surface area contributed by atoms with Gasteiger partial charge in [-0.15, -0.1) is 0 Å². The zero-order chi connectivity index (χ0) is 23.5. The highest BCUT2D eigenvalue weighted by Crippen LogP contribution is 2.30. The molecule has 3 amide bonds. The molecule has 2 aromatic carbocycles. The Bertz CT molecular complexity index is 1220. The molecule has 8 heteroatoms. The first-order valence-electron chi connectivity index (χ1n) is 10.5. The molecule has 0 unspecified atom stereocenters. The van der Waals surface area contributed by atoms with Crippen molar-refractivity contribution in [2.45, 2.75) is 13.5 Å². The van der Waals surface area contributed by atoms with E-state index in [-0.39, 0.29) is 17.0 Å². The number of fused-ring (bicyclic) bond motifs is 1. The highest BCUT2D eigenvalue weighted by atomic mass is 16.5.